The number of aromatic hydroxyl groups is 1. The van der Waals surface area contributed by atoms with Gasteiger partial charge in [0.2, 0.25) is 0 Å². The van der Waals surface area contributed by atoms with Crippen LogP contribution in [0.15, 0.2) is 47.6 Å². The van der Waals surface area contributed by atoms with E-state index in [2.05, 4.69) is 10.5 Å². The van der Waals surface area contributed by atoms with Crippen molar-refractivity contribution < 1.29 is 14.6 Å². The number of amides is 1. The molecule has 6 nitrogen and oxygen atoms in total. The van der Waals surface area contributed by atoms with Crippen LogP contribution in [0, 0.1) is 0 Å². The zero-order valence-corrected chi connectivity index (χ0v) is 12.3. The molecule has 6 heteroatoms. The highest BCUT2D eigenvalue weighted by Gasteiger charge is 2.08. The van der Waals surface area contributed by atoms with Crippen molar-refractivity contribution in [2.24, 2.45) is 5.10 Å². The average molecular weight is 299 g/mol. The van der Waals surface area contributed by atoms with Crippen molar-refractivity contribution in [2.45, 2.75) is 6.92 Å². The van der Waals surface area contributed by atoms with E-state index in [1.165, 1.54) is 13.2 Å². The molecular formula is C16H17N3O3. The van der Waals surface area contributed by atoms with Crippen molar-refractivity contribution in [2.75, 3.05) is 12.8 Å². The molecule has 114 valence electrons. The van der Waals surface area contributed by atoms with Crippen LogP contribution in [-0.2, 0) is 0 Å². The van der Waals surface area contributed by atoms with Gasteiger partial charge in [-0.3, -0.25) is 4.79 Å². The normalized spacial score (nSPS) is 11.1. The molecule has 4 N–H and O–H groups in total. The fourth-order valence-corrected chi connectivity index (χ4v) is 1.84. The van der Waals surface area contributed by atoms with Gasteiger partial charge in [0.25, 0.3) is 5.91 Å². The number of anilines is 1. The van der Waals surface area contributed by atoms with Gasteiger partial charge < -0.3 is 15.6 Å². The number of nitrogens with zero attached hydrogens (tertiary/aromatic N) is 1. The van der Waals surface area contributed by atoms with Crippen LogP contribution in [0.25, 0.3) is 0 Å². The molecule has 2 aromatic rings. The zero-order chi connectivity index (χ0) is 16.1. The van der Waals surface area contributed by atoms with Gasteiger partial charge in [-0.05, 0) is 43.3 Å². The number of carbonyl (C=O) groups is 1. The molecule has 0 aliphatic heterocycles. The minimum atomic E-state index is -0.354. The van der Waals surface area contributed by atoms with Crippen molar-refractivity contribution in [3.8, 4) is 11.5 Å². The summed E-state index contributed by atoms with van der Waals surface area (Å²) in [6.45, 7) is 1.69. The molecule has 0 atom stereocenters. The zero-order valence-electron chi connectivity index (χ0n) is 12.3. The summed E-state index contributed by atoms with van der Waals surface area (Å²) >= 11 is 0. The molecule has 0 bridgehead atoms. The Morgan fingerprint density at radius 1 is 1.23 bits per heavy atom. The van der Waals surface area contributed by atoms with Crippen molar-refractivity contribution in [3.63, 3.8) is 0 Å². The highest BCUT2D eigenvalue weighted by molar-refractivity contribution is 6.02. The van der Waals surface area contributed by atoms with Gasteiger partial charge in [0.15, 0.2) is 0 Å². The molecule has 0 aliphatic rings. The summed E-state index contributed by atoms with van der Waals surface area (Å²) in [6.07, 6.45) is 0. The van der Waals surface area contributed by atoms with Crippen LogP contribution < -0.4 is 15.9 Å². The minimum absolute atomic E-state index is 0.0299. The van der Waals surface area contributed by atoms with Crippen LogP contribution in [0.3, 0.4) is 0 Å². The van der Waals surface area contributed by atoms with Gasteiger partial charge in [-0.1, -0.05) is 0 Å². The van der Waals surface area contributed by atoms with Crippen LogP contribution in [0.5, 0.6) is 11.5 Å². The van der Waals surface area contributed by atoms with Crippen LogP contribution in [0.4, 0.5) is 5.69 Å². The molecular weight excluding hydrogens is 282 g/mol. The van der Waals surface area contributed by atoms with E-state index >= 15 is 0 Å². The number of phenolic OH excluding ortho intramolecular Hbond substituents is 1. The molecule has 0 heterocycles. The fraction of sp³-hybridized carbons (Fsp3) is 0.125. The lowest BCUT2D eigenvalue weighted by atomic mass is 10.1. The van der Waals surface area contributed by atoms with E-state index in [1.54, 1.807) is 43.3 Å². The third-order valence-electron chi connectivity index (χ3n) is 3.09. The summed E-state index contributed by atoms with van der Waals surface area (Å²) in [5, 5.41) is 13.9. The van der Waals surface area contributed by atoms with Gasteiger partial charge in [-0.2, -0.15) is 5.10 Å². The van der Waals surface area contributed by atoms with Crippen LogP contribution in [0.1, 0.15) is 22.8 Å². The van der Waals surface area contributed by atoms with Crippen LogP contribution in [0.2, 0.25) is 0 Å². The summed E-state index contributed by atoms with van der Waals surface area (Å²) in [4.78, 5) is 11.9. The minimum Gasteiger partial charge on any atom is -0.507 e. The molecule has 0 unspecified atom stereocenters. The Labute approximate surface area is 128 Å². The maximum atomic E-state index is 11.9. The topological polar surface area (TPSA) is 96.9 Å². The number of nitrogens with one attached hydrogen (secondary N) is 1. The molecule has 0 radical (unpaired) electrons. The van der Waals surface area contributed by atoms with E-state index in [0.29, 0.717) is 28.3 Å². The van der Waals surface area contributed by atoms with Crippen molar-refractivity contribution in [3.05, 3.63) is 53.6 Å². The Morgan fingerprint density at radius 2 is 1.91 bits per heavy atom. The summed E-state index contributed by atoms with van der Waals surface area (Å²) in [5.74, 6) is 0.217. The largest absolute Gasteiger partial charge is 0.507 e. The highest BCUT2D eigenvalue weighted by Crippen LogP contribution is 2.23. The second-order valence-corrected chi connectivity index (χ2v) is 4.64. The smallest absolute Gasteiger partial charge is 0.271 e. The van der Waals surface area contributed by atoms with E-state index in [-0.39, 0.29) is 11.7 Å². The number of methoxy groups -OCH3 is 1. The SMILES string of the molecule is COc1ccc(/C(C)=N/NC(=O)c2ccc(N)cc2)c(O)c1. The van der Waals surface area contributed by atoms with Gasteiger partial charge >= 0.3 is 0 Å². The summed E-state index contributed by atoms with van der Waals surface area (Å²) < 4.78 is 5.02. The fourth-order valence-electron chi connectivity index (χ4n) is 1.84. The molecule has 0 aliphatic carbocycles. The molecule has 0 spiro atoms. The Kier molecular flexibility index (Phi) is 4.63. The van der Waals surface area contributed by atoms with Crippen molar-refractivity contribution >= 4 is 17.3 Å². The molecule has 0 saturated carbocycles. The van der Waals surface area contributed by atoms with Crippen LogP contribution >= 0.6 is 0 Å². The molecule has 0 aromatic heterocycles. The lowest BCUT2D eigenvalue weighted by Gasteiger charge is -2.07. The number of hydrazone groups is 1. The first-order valence-electron chi connectivity index (χ1n) is 6.59. The molecule has 0 fully saturated rings. The molecule has 2 rings (SSSR count). The Hall–Kier alpha value is -3.02. The Morgan fingerprint density at radius 3 is 2.50 bits per heavy atom. The number of nitrogen functional groups attached to an aromatic ring is 1. The number of hydrogen-bond donors (Lipinski definition) is 3. The number of carbonyl (C=O) groups excluding carboxylic acids is 1. The predicted molar refractivity (Wildman–Crippen MR) is 85.2 cm³/mol. The van der Waals surface area contributed by atoms with Gasteiger partial charge in [0.1, 0.15) is 11.5 Å². The second-order valence-electron chi connectivity index (χ2n) is 4.64. The first kappa shape index (κ1) is 15.4. The van der Waals surface area contributed by atoms with Crippen molar-refractivity contribution in [1.29, 1.82) is 0 Å². The first-order valence-corrected chi connectivity index (χ1v) is 6.59. The van der Waals surface area contributed by atoms with Gasteiger partial charge in [0.05, 0.1) is 12.8 Å². The van der Waals surface area contributed by atoms with E-state index in [0.717, 1.165) is 0 Å². The summed E-state index contributed by atoms with van der Waals surface area (Å²) in [6, 6.07) is 11.4. The van der Waals surface area contributed by atoms with Crippen molar-refractivity contribution in [1.82, 2.24) is 5.43 Å². The Balaban J connectivity index is 2.12. The van der Waals surface area contributed by atoms with E-state index in [4.69, 9.17) is 10.5 Å². The second kappa shape index (κ2) is 6.62. The highest BCUT2D eigenvalue weighted by atomic mass is 16.5. The number of nitrogens with two attached hydrogens (primary N) is 1. The number of phenols is 1. The lowest BCUT2D eigenvalue weighted by molar-refractivity contribution is 0.0955. The monoisotopic (exact) mass is 299 g/mol. The number of rotatable bonds is 4. The third kappa shape index (κ3) is 3.54. The van der Waals surface area contributed by atoms with E-state index in [9.17, 15) is 9.90 Å². The quantitative estimate of drug-likeness (QED) is 0.458. The number of hydrogen-bond acceptors (Lipinski definition) is 5. The van der Waals surface area contributed by atoms with Gasteiger partial charge in [-0.25, -0.2) is 5.43 Å². The molecule has 2 aromatic carbocycles. The van der Waals surface area contributed by atoms with Gasteiger partial charge in [0, 0.05) is 22.9 Å². The molecule has 0 saturated heterocycles. The maximum Gasteiger partial charge on any atom is 0.271 e. The number of ether oxygens (including phenoxy) is 1. The van der Waals surface area contributed by atoms with E-state index in [1.807, 2.05) is 0 Å². The summed E-state index contributed by atoms with van der Waals surface area (Å²) in [5.41, 5.74) is 10.0. The summed E-state index contributed by atoms with van der Waals surface area (Å²) in [7, 11) is 1.52. The average Bonchev–Trinajstić information content (AvgIpc) is 2.52. The third-order valence-corrected chi connectivity index (χ3v) is 3.09. The first-order chi connectivity index (χ1) is 10.5. The molecule has 22 heavy (non-hydrogen) atoms. The van der Waals surface area contributed by atoms with E-state index < -0.39 is 0 Å². The predicted octanol–water partition coefficient (Wildman–Crippen LogP) is 2.14. The standard InChI is InChI=1S/C16H17N3O3/c1-10(14-8-7-13(22-2)9-15(14)20)18-19-16(21)11-3-5-12(17)6-4-11/h3-9,20H,17H2,1-2H3,(H,19,21)/b18-10+. The number of benzene rings is 2. The Bertz CT molecular complexity index is 709. The van der Waals surface area contributed by atoms with Gasteiger partial charge in [-0.15, -0.1) is 0 Å². The molecule has 1 amide bonds. The van der Waals surface area contributed by atoms with Crippen LogP contribution in [-0.4, -0.2) is 23.8 Å². The maximum absolute atomic E-state index is 11.9. The lowest BCUT2D eigenvalue weighted by Crippen LogP contribution is -2.19.